The highest BCUT2D eigenvalue weighted by atomic mass is 32.1. The van der Waals surface area contributed by atoms with Crippen molar-refractivity contribution in [3.8, 4) is 0 Å². The lowest BCUT2D eigenvalue weighted by Gasteiger charge is -1.94. The van der Waals surface area contributed by atoms with Gasteiger partial charge in [0, 0.05) is 12.4 Å². The van der Waals surface area contributed by atoms with Gasteiger partial charge in [-0.15, -0.1) is 0 Å². The maximum absolute atomic E-state index is 4.68. The van der Waals surface area contributed by atoms with Crippen LogP contribution in [0.2, 0.25) is 0 Å². The van der Waals surface area contributed by atoms with E-state index < -0.39 is 0 Å². The maximum Gasteiger partial charge on any atom is 0.162 e. The van der Waals surface area contributed by atoms with Crippen LogP contribution in [0.3, 0.4) is 0 Å². The number of aliphatic imine (C=N–C) groups is 2. The Morgan fingerprint density at radius 3 is 1.62 bits per heavy atom. The molecule has 0 amide bonds. The van der Waals surface area contributed by atoms with Crippen molar-refractivity contribution in [2.45, 2.75) is 0 Å². The molecular formula is C4H2N2S2. The number of hydrogen-bond donors (Lipinski definition) is 0. The Morgan fingerprint density at radius 1 is 1.00 bits per heavy atom. The van der Waals surface area contributed by atoms with Crippen molar-refractivity contribution < 1.29 is 0 Å². The second kappa shape index (κ2) is 2.19. The molecule has 0 bridgehead atoms. The van der Waals surface area contributed by atoms with E-state index >= 15 is 0 Å². The Labute approximate surface area is 57.3 Å². The molecule has 0 N–H and O–H groups in total. The van der Waals surface area contributed by atoms with Crippen molar-refractivity contribution in [1.82, 2.24) is 0 Å². The molecule has 1 aliphatic rings. The van der Waals surface area contributed by atoms with Gasteiger partial charge in [-0.3, -0.25) is 0 Å². The van der Waals surface area contributed by atoms with E-state index in [2.05, 4.69) is 34.4 Å². The fraction of sp³-hybridized carbons (Fsp3) is 0. The average molecular weight is 142 g/mol. The van der Waals surface area contributed by atoms with E-state index in [9.17, 15) is 0 Å². The van der Waals surface area contributed by atoms with E-state index in [0.717, 1.165) is 0 Å². The Kier molecular flexibility index (Phi) is 1.55. The molecular weight excluding hydrogens is 140 g/mol. The SMILES string of the molecule is S=C1N=CC=NC1=S. The standard InChI is InChI=1S/C4H2N2S2/c7-3-4(8)6-2-1-5-3/h1-2H. The first-order valence-electron chi connectivity index (χ1n) is 1.96. The van der Waals surface area contributed by atoms with Gasteiger partial charge in [0.1, 0.15) is 0 Å². The first-order valence-corrected chi connectivity index (χ1v) is 2.77. The third-order valence-corrected chi connectivity index (χ3v) is 1.36. The maximum atomic E-state index is 4.68. The molecule has 0 aromatic carbocycles. The molecule has 1 rings (SSSR count). The minimum absolute atomic E-state index is 0.405. The quantitative estimate of drug-likeness (QED) is 0.467. The van der Waals surface area contributed by atoms with E-state index in [-0.39, 0.29) is 0 Å². The summed E-state index contributed by atoms with van der Waals surface area (Å²) in [5.74, 6) is 0. The van der Waals surface area contributed by atoms with Crippen LogP contribution in [-0.2, 0) is 0 Å². The van der Waals surface area contributed by atoms with Crippen LogP contribution in [0.15, 0.2) is 9.98 Å². The molecule has 0 saturated carbocycles. The molecule has 8 heavy (non-hydrogen) atoms. The molecule has 0 saturated heterocycles. The van der Waals surface area contributed by atoms with E-state index in [1.54, 1.807) is 0 Å². The van der Waals surface area contributed by atoms with Crippen LogP contribution >= 0.6 is 24.4 Å². The molecule has 4 heteroatoms. The molecule has 0 aromatic heterocycles. The van der Waals surface area contributed by atoms with Gasteiger partial charge in [0.25, 0.3) is 0 Å². The van der Waals surface area contributed by atoms with Crippen molar-refractivity contribution in [3.63, 3.8) is 0 Å². The van der Waals surface area contributed by atoms with E-state index in [1.807, 2.05) is 0 Å². The second-order valence-electron chi connectivity index (χ2n) is 1.17. The predicted octanol–water partition coefficient (Wildman–Crippen LogP) is 0.796. The predicted molar refractivity (Wildman–Crippen MR) is 42.2 cm³/mol. The molecule has 0 aromatic rings. The van der Waals surface area contributed by atoms with Crippen LogP contribution in [0.4, 0.5) is 0 Å². The zero-order chi connectivity index (χ0) is 5.98. The van der Waals surface area contributed by atoms with Crippen molar-refractivity contribution in [1.29, 1.82) is 0 Å². The van der Waals surface area contributed by atoms with Gasteiger partial charge >= 0.3 is 0 Å². The summed E-state index contributed by atoms with van der Waals surface area (Å²) in [5.41, 5.74) is 0. The van der Waals surface area contributed by atoms with Crippen LogP contribution in [-0.4, -0.2) is 22.4 Å². The van der Waals surface area contributed by atoms with Gasteiger partial charge in [0.2, 0.25) is 0 Å². The van der Waals surface area contributed by atoms with Gasteiger partial charge in [-0.25, -0.2) is 9.98 Å². The summed E-state index contributed by atoms with van der Waals surface area (Å²) < 4.78 is 0. The summed E-state index contributed by atoms with van der Waals surface area (Å²) in [6.45, 7) is 0. The number of hydrogen-bond acceptors (Lipinski definition) is 2. The van der Waals surface area contributed by atoms with Gasteiger partial charge in [0.15, 0.2) is 9.98 Å². The minimum atomic E-state index is 0.405. The first-order chi connectivity index (χ1) is 3.80. The summed E-state index contributed by atoms with van der Waals surface area (Å²) >= 11 is 9.35. The molecule has 0 fully saturated rings. The first kappa shape index (κ1) is 5.65. The highest BCUT2D eigenvalue weighted by molar-refractivity contribution is 7.89. The Bertz CT molecular complexity index is 170. The Morgan fingerprint density at radius 2 is 1.38 bits per heavy atom. The smallest absolute Gasteiger partial charge is 0.162 e. The van der Waals surface area contributed by atoms with Crippen LogP contribution in [0.5, 0.6) is 0 Å². The molecule has 2 nitrogen and oxygen atoms in total. The lowest BCUT2D eigenvalue weighted by Crippen LogP contribution is -2.07. The highest BCUT2D eigenvalue weighted by Gasteiger charge is 2.00. The van der Waals surface area contributed by atoms with Crippen LogP contribution in [0.1, 0.15) is 0 Å². The molecule has 0 aliphatic carbocycles. The Balaban J connectivity index is 2.89. The monoisotopic (exact) mass is 142 g/mol. The lowest BCUT2D eigenvalue weighted by molar-refractivity contribution is 1.75. The Hall–Kier alpha value is -0.480. The van der Waals surface area contributed by atoms with Crippen LogP contribution < -0.4 is 0 Å². The van der Waals surface area contributed by atoms with Gasteiger partial charge in [-0.2, -0.15) is 0 Å². The lowest BCUT2D eigenvalue weighted by atomic mass is 10.6. The summed E-state index contributed by atoms with van der Waals surface area (Å²) in [6.07, 6.45) is 3.05. The number of rotatable bonds is 0. The molecule has 0 unspecified atom stereocenters. The molecule has 0 spiro atoms. The van der Waals surface area contributed by atoms with Crippen molar-refractivity contribution >= 4 is 46.8 Å². The molecule has 0 atom stereocenters. The van der Waals surface area contributed by atoms with Crippen molar-refractivity contribution in [2.75, 3.05) is 0 Å². The zero-order valence-electron chi connectivity index (χ0n) is 3.87. The average Bonchev–Trinajstić information content (AvgIpc) is 1.77. The summed E-state index contributed by atoms with van der Waals surface area (Å²) in [5, 5.41) is 0. The van der Waals surface area contributed by atoms with Gasteiger partial charge in [-0.1, -0.05) is 24.4 Å². The normalized spacial score (nSPS) is 17.5. The zero-order valence-corrected chi connectivity index (χ0v) is 5.50. The molecule has 0 radical (unpaired) electrons. The largest absolute Gasteiger partial charge is 0.240 e. The van der Waals surface area contributed by atoms with Gasteiger partial charge < -0.3 is 0 Å². The fourth-order valence-electron chi connectivity index (χ4n) is 0.312. The highest BCUT2D eigenvalue weighted by Crippen LogP contribution is 1.90. The summed E-state index contributed by atoms with van der Waals surface area (Å²) in [7, 11) is 0. The van der Waals surface area contributed by atoms with Crippen LogP contribution in [0, 0.1) is 0 Å². The van der Waals surface area contributed by atoms with Gasteiger partial charge in [0.05, 0.1) is 0 Å². The van der Waals surface area contributed by atoms with Gasteiger partial charge in [-0.05, 0) is 0 Å². The van der Waals surface area contributed by atoms with E-state index in [4.69, 9.17) is 0 Å². The van der Waals surface area contributed by atoms with Crippen molar-refractivity contribution in [3.05, 3.63) is 0 Å². The third-order valence-electron chi connectivity index (χ3n) is 0.633. The number of nitrogens with zero attached hydrogens (tertiary/aromatic N) is 2. The summed E-state index contributed by atoms with van der Waals surface area (Å²) in [6, 6.07) is 0. The molecule has 1 aliphatic heterocycles. The van der Waals surface area contributed by atoms with E-state index in [1.165, 1.54) is 12.4 Å². The van der Waals surface area contributed by atoms with Crippen LogP contribution in [0.25, 0.3) is 0 Å². The minimum Gasteiger partial charge on any atom is -0.240 e. The van der Waals surface area contributed by atoms with E-state index in [0.29, 0.717) is 9.98 Å². The third kappa shape index (κ3) is 1.02. The van der Waals surface area contributed by atoms with Crippen molar-refractivity contribution in [2.24, 2.45) is 9.98 Å². The topological polar surface area (TPSA) is 24.7 Å². The molecule has 1 heterocycles. The molecule has 40 valence electrons. The second-order valence-corrected chi connectivity index (χ2v) is 1.94. The number of thiocarbonyl (C=S) groups is 2. The summed E-state index contributed by atoms with van der Waals surface area (Å²) in [4.78, 5) is 8.26. The fourth-order valence-corrected chi connectivity index (χ4v) is 0.540.